The first-order valence-corrected chi connectivity index (χ1v) is 5.05. The van der Waals surface area contributed by atoms with E-state index < -0.39 is 0 Å². The largest absolute Gasteiger partial charge is 0.384 e. The van der Waals surface area contributed by atoms with Gasteiger partial charge in [-0.05, 0) is 11.4 Å². The van der Waals surface area contributed by atoms with E-state index in [-0.39, 0.29) is 0 Å². The van der Waals surface area contributed by atoms with Crippen molar-refractivity contribution >= 4 is 17.2 Å². The average molecular weight is 203 g/mol. The monoisotopic (exact) mass is 203 g/mol. The summed E-state index contributed by atoms with van der Waals surface area (Å²) in [5.74, 6) is 3.11. The number of hydrogen-bond acceptors (Lipinski definition) is 3. The summed E-state index contributed by atoms with van der Waals surface area (Å²) in [4.78, 5) is 0. The Morgan fingerprint density at radius 3 is 3.14 bits per heavy atom. The highest BCUT2D eigenvalue weighted by Gasteiger charge is 2.05. The Morgan fingerprint density at radius 2 is 2.50 bits per heavy atom. The zero-order valence-electron chi connectivity index (χ0n) is 7.47. The lowest BCUT2D eigenvalue weighted by Gasteiger charge is -1.95. The molecule has 0 spiro atoms. The molecule has 3 nitrogen and oxygen atoms in total. The lowest BCUT2D eigenvalue weighted by Crippen LogP contribution is -2.02. The number of nitrogens with two attached hydrogens (primary N) is 1. The zero-order chi connectivity index (χ0) is 9.97. The van der Waals surface area contributed by atoms with Crippen molar-refractivity contribution in [3.63, 3.8) is 0 Å². The molecular formula is C10H9N3S. The van der Waals surface area contributed by atoms with Crippen LogP contribution < -0.4 is 5.73 Å². The van der Waals surface area contributed by atoms with Gasteiger partial charge in [-0.25, -0.2) is 4.68 Å². The summed E-state index contributed by atoms with van der Waals surface area (Å²) in [6.07, 6.45) is 5.19. The quantitative estimate of drug-likeness (QED) is 0.757. The Bertz CT molecular complexity index is 462. The fourth-order valence-corrected chi connectivity index (χ4v) is 1.85. The second kappa shape index (κ2) is 3.56. The van der Waals surface area contributed by atoms with Crippen molar-refractivity contribution in [2.45, 2.75) is 6.54 Å². The van der Waals surface area contributed by atoms with Gasteiger partial charge in [0.25, 0.3) is 0 Å². The predicted molar refractivity (Wildman–Crippen MR) is 58.8 cm³/mol. The molecule has 2 N–H and O–H groups in total. The summed E-state index contributed by atoms with van der Waals surface area (Å²) in [6, 6.07) is 3.84. The van der Waals surface area contributed by atoms with Crippen molar-refractivity contribution in [2.24, 2.45) is 0 Å². The Balaban J connectivity index is 2.39. The molecule has 0 aliphatic heterocycles. The van der Waals surface area contributed by atoms with E-state index in [1.165, 1.54) is 0 Å². The first kappa shape index (κ1) is 8.85. The van der Waals surface area contributed by atoms with Crippen molar-refractivity contribution in [1.82, 2.24) is 9.78 Å². The Hall–Kier alpha value is -1.73. The Labute approximate surface area is 86.2 Å². The third kappa shape index (κ3) is 1.50. The highest BCUT2D eigenvalue weighted by Crippen LogP contribution is 2.22. The normalized spacial score (nSPS) is 9.93. The smallest absolute Gasteiger partial charge is 0.123 e. The van der Waals surface area contributed by atoms with Gasteiger partial charge >= 0.3 is 0 Å². The number of thiophene rings is 1. The van der Waals surface area contributed by atoms with Crippen LogP contribution in [0.2, 0.25) is 0 Å². The summed E-state index contributed by atoms with van der Waals surface area (Å²) in [5.41, 5.74) is 7.70. The Kier molecular flexibility index (Phi) is 2.25. The van der Waals surface area contributed by atoms with Crippen molar-refractivity contribution in [1.29, 1.82) is 0 Å². The number of rotatable bonds is 2. The number of nitrogens with zero attached hydrogens (tertiary/aromatic N) is 2. The second-order valence-electron chi connectivity index (χ2n) is 2.83. The topological polar surface area (TPSA) is 43.8 Å². The van der Waals surface area contributed by atoms with Crippen molar-refractivity contribution in [2.75, 3.05) is 5.73 Å². The number of aromatic nitrogens is 2. The number of nitrogen functional groups attached to an aromatic ring is 1. The number of terminal acetylenes is 1. The number of hydrogen-bond donors (Lipinski definition) is 1. The molecule has 14 heavy (non-hydrogen) atoms. The van der Waals surface area contributed by atoms with Crippen LogP contribution in [-0.2, 0) is 6.54 Å². The van der Waals surface area contributed by atoms with E-state index in [2.05, 4.69) is 11.0 Å². The van der Waals surface area contributed by atoms with E-state index in [0.29, 0.717) is 12.4 Å². The molecule has 0 amide bonds. The van der Waals surface area contributed by atoms with Gasteiger partial charge in [0.05, 0.1) is 5.69 Å². The molecule has 0 fully saturated rings. The van der Waals surface area contributed by atoms with Crippen LogP contribution in [0.5, 0.6) is 0 Å². The van der Waals surface area contributed by atoms with Gasteiger partial charge in [-0.2, -0.15) is 16.4 Å². The maximum absolute atomic E-state index is 5.74. The number of anilines is 1. The lowest BCUT2D eigenvalue weighted by molar-refractivity contribution is 0.729. The molecule has 0 aliphatic rings. The molecular weight excluding hydrogens is 194 g/mol. The Morgan fingerprint density at radius 1 is 1.64 bits per heavy atom. The van der Waals surface area contributed by atoms with E-state index in [1.807, 2.05) is 22.9 Å². The molecule has 2 heterocycles. The summed E-state index contributed by atoms with van der Waals surface area (Å²) >= 11 is 1.63. The first-order chi connectivity index (χ1) is 6.81. The molecule has 0 saturated heterocycles. The van der Waals surface area contributed by atoms with Crippen LogP contribution in [0.4, 0.5) is 5.82 Å². The van der Waals surface area contributed by atoms with Gasteiger partial charge in [0.15, 0.2) is 0 Å². The first-order valence-electron chi connectivity index (χ1n) is 4.10. The minimum Gasteiger partial charge on any atom is -0.384 e. The summed E-state index contributed by atoms with van der Waals surface area (Å²) in [6.45, 7) is 0.413. The highest BCUT2D eigenvalue weighted by molar-refractivity contribution is 7.08. The van der Waals surface area contributed by atoms with Gasteiger partial charge in [-0.15, -0.1) is 6.42 Å². The molecule has 4 heteroatoms. The van der Waals surface area contributed by atoms with Crippen LogP contribution in [0.3, 0.4) is 0 Å². The van der Waals surface area contributed by atoms with Crippen LogP contribution in [0.15, 0.2) is 22.9 Å². The van der Waals surface area contributed by atoms with Crippen LogP contribution in [0, 0.1) is 12.3 Å². The van der Waals surface area contributed by atoms with Gasteiger partial charge in [-0.1, -0.05) is 5.92 Å². The second-order valence-corrected chi connectivity index (χ2v) is 3.61. The minimum absolute atomic E-state index is 0.413. The molecule has 0 aliphatic carbocycles. The van der Waals surface area contributed by atoms with E-state index in [0.717, 1.165) is 11.3 Å². The summed E-state index contributed by atoms with van der Waals surface area (Å²) < 4.78 is 1.62. The molecule has 0 bridgehead atoms. The lowest BCUT2D eigenvalue weighted by atomic mass is 10.2. The summed E-state index contributed by atoms with van der Waals surface area (Å²) in [5, 5.41) is 8.33. The maximum atomic E-state index is 5.74. The molecule has 0 aromatic carbocycles. The molecule has 2 aromatic heterocycles. The molecule has 0 unspecified atom stereocenters. The minimum atomic E-state index is 0.413. The fourth-order valence-electron chi connectivity index (χ4n) is 1.20. The van der Waals surface area contributed by atoms with Crippen molar-refractivity contribution in [3.05, 3.63) is 22.9 Å². The van der Waals surface area contributed by atoms with Gasteiger partial charge in [0.2, 0.25) is 0 Å². The third-order valence-corrected chi connectivity index (χ3v) is 2.55. The van der Waals surface area contributed by atoms with Crippen LogP contribution in [0.1, 0.15) is 0 Å². The SMILES string of the molecule is C#CCn1nc(-c2ccsc2)cc1N. The average Bonchev–Trinajstić information content (AvgIpc) is 2.76. The van der Waals surface area contributed by atoms with Crippen molar-refractivity contribution < 1.29 is 0 Å². The van der Waals surface area contributed by atoms with E-state index in [1.54, 1.807) is 16.0 Å². The van der Waals surface area contributed by atoms with Crippen LogP contribution >= 0.6 is 11.3 Å². The molecule has 0 radical (unpaired) electrons. The van der Waals surface area contributed by atoms with Gasteiger partial charge in [0.1, 0.15) is 12.4 Å². The van der Waals surface area contributed by atoms with Crippen LogP contribution in [-0.4, -0.2) is 9.78 Å². The fraction of sp³-hybridized carbons (Fsp3) is 0.100. The van der Waals surface area contributed by atoms with Gasteiger partial charge in [0, 0.05) is 17.0 Å². The molecule has 0 saturated carbocycles. The molecule has 2 aromatic rings. The van der Waals surface area contributed by atoms with Gasteiger partial charge < -0.3 is 5.73 Å². The van der Waals surface area contributed by atoms with Gasteiger partial charge in [-0.3, -0.25) is 0 Å². The summed E-state index contributed by atoms with van der Waals surface area (Å²) in [7, 11) is 0. The standard InChI is InChI=1S/C10H9N3S/c1-2-4-13-10(11)6-9(12-13)8-3-5-14-7-8/h1,3,5-7H,4,11H2. The third-order valence-electron chi connectivity index (χ3n) is 1.87. The molecule has 2 rings (SSSR count). The van der Waals surface area contributed by atoms with Crippen molar-refractivity contribution in [3.8, 4) is 23.6 Å². The molecule has 0 atom stereocenters. The van der Waals surface area contributed by atoms with E-state index in [9.17, 15) is 0 Å². The highest BCUT2D eigenvalue weighted by atomic mass is 32.1. The zero-order valence-corrected chi connectivity index (χ0v) is 8.29. The maximum Gasteiger partial charge on any atom is 0.123 e. The molecule has 70 valence electrons. The van der Waals surface area contributed by atoms with E-state index >= 15 is 0 Å². The van der Waals surface area contributed by atoms with Crippen LogP contribution in [0.25, 0.3) is 11.3 Å². The van der Waals surface area contributed by atoms with E-state index in [4.69, 9.17) is 12.2 Å². The predicted octanol–water partition coefficient (Wildman–Crippen LogP) is 1.83.